The van der Waals surface area contributed by atoms with Gasteiger partial charge in [-0.2, -0.15) is 0 Å². The number of H-pyrrole nitrogens is 1. The molecule has 2 aromatic rings. The number of aromatic nitrogens is 1. The van der Waals surface area contributed by atoms with E-state index < -0.39 is 5.97 Å². The number of aromatic carboxylic acids is 1. The number of carboxylic acids is 1. The lowest BCUT2D eigenvalue weighted by Gasteiger charge is -2.01. The second-order valence-electron chi connectivity index (χ2n) is 3.77. The van der Waals surface area contributed by atoms with Gasteiger partial charge >= 0.3 is 10.8 Å². The van der Waals surface area contributed by atoms with Gasteiger partial charge in [-0.1, -0.05) is 11.3 Å². The first-order valence-electron chi connectivity index (χ1n) is 5.26. The van der Waals surface area contributed by atoms with E-state index in [1.54, 1.807) is 11.4 Å². The number of thiazole rings is 1. The maximum atomic E-state index is 10.9. The summed E-state index contributed by atoms with van der Waals surface area (Å²) in [4.78, 5) is 25.7. The van der Waals surface area contributed by atoms with Gasteiger partial charge in [-0.25, -0.2) is 4.79 Å². The summed E-state index contributed by atoms with van der Waals surface area (Å²) >= 11 is 2.41. The van der Waals surface area contributed by atoms with Crippen molar-refractivity contribution in [2.24, 2.45) is 0 Å². The van der Waals surface area contributed by atoms with Gasteiger partial charge in [0.2, 0.25) is 0 Å². The van der Waals surface area contributed by atoms with Gasteiger partial charge in [0.25, 0.3) is 0 Å². The SMILES string of the molecule is Cc1sc(C(=O)O)cc1CNCc1csc(=O)[nH]1. The lowest BCUT2D eigenvalue weighted by Crippen LogP contribution is -2.13. The molecule has 0 radical (unpaired) electrons. The highest BCUT2D eigenvalue weighted by molar-refractivity contribution is 7.14. The molecule has 0 saturated heterocycles. The highest BCUT2D eigenvalue weighted by Crippen LogP contribution is 2.21. The average Bonchev–Trinajstić information content (AvgIpc) is 2.87. The summed E-state index contributed by atoms with van der Waals surface area (Å²) in [6.45, 7) is 3.06. The van der Waals surface area contributed by atoms with Crippen LogP contribution in [0, 0.1) is 6.92 Å². The third-order valence-corrected chi connectivity index (χ3v) is 4.23. The smallest absolute Gasteiger partial charge is 0.345 e. The molecule has 0 atom stereocenters. The summed E-state index contributed by atoms with van der Waals surface area (Å²) < 4.78 is 0. The van der Waals surface area contributed by atoms with Crippen LogP contribution in [0.5, 0.6) is 0 Å². The Bertz CT molecular complexity index is 612. The van der Waals surface area contributed by atoms with E-state index in [1.165, 1.54) is 11.3 Å². The highest BCUT2D eigenvalue weighted by atomic mass is 32.1. The van der Waals surface area contributed by atoms with Gasteiger partial charge in [0.05, 0.1) is 0 Å². The molecule has 96 valence electrons. The standard InChI is InChI=1S/C11H12N2O3S2/c1-6-7(2-9(18-6)10(14)15)3-12-4-8-5-17-11(16)13-8/h2,5,12H,3-4H2,1H3,(H,13,16)(H,14,15). The molecule has 0 amide bonds. The first kappa shape index (κ1) is 13.0. The second-order valence-corrected chi connectivity index (χ2v) is 5.87. The third kappa shape index (κ3) is 3.06. The lowest BCUT2D eigenvalue weighted by molar-refractivity contribution is 0.0702. The normalized spacial score (nSPS) is 10.7. The minimum atomic E-state index is -0.892. The van der Waals surface area contributed by atoms with Crippen molar-refractivity contribution in [2.45, 2.75) is 20.0 Å². The number of thiophene rings is 1. The van der Waals surface area contributed by atoms with Crippen molar-refractivity contribution in [3.05, 3.63) is 42.1 Å². The molecular weight excluding hydrogens is 272 g/mol. The maximum Gasteiger partial charge on any atom is 0.345 e. The van der Waals surface area contributed by atoms with E-state index in [-0.39, 0.29) is 4.87 Å². The minimum absolute atomic E-state index is 0.0633. The molecule has 0 aliphatic heterocycles. The number of hydrogen-bond donors (Lipinski definition) is 3. The van der Waals surface area contributed by atoms with Gasteiger partial charge in [-0.15, -0.1) is 11.3 Å². The topological polar surface area (TPSA) is 82.2 Å². The van der Waals surface area contributed by atoms with Crippen LogP contribution in [-0.4, -0.2) is 16.1 Å². The van der Waals surface area contributed by atoms with Crippen molar-refractivity contribution in [1.29, 1.82) is 0 Å². The summed E-state index contributed by atoms with van der Waals surface area (Å²) in [5, 5.41) is 13.8. The Labute approximate surface area is 111 Å². The Morgan fingerprint density at radius 1 is 1.50 bits per heavy atom. The molecule has 0 unspecified atom stereocenters. The van der Waals surface area contributed by atoms with E-state index in [0.29, 0.717) is 18.0 Å². The zero-order valence-corrected chi connectivity index (χ0v) is 11.3. The van der Waals surface area contributed by atoms with E-state index in [1.807, 2.05) is 6.92 Å². The molecular formula is C11H12N2O3S2. The number of hydrogen-bond acceptors (Lipinski definition) is 5. The fourth-order valence-corrected chi connectivity index (χ4v) is 3.00. The highest BCUT2D eigenvalue weighted by Gasteiger charge is 2.10. The van der Waals surface area contributed by atoms with Crippen LogP contribution in [0.4, 0.5) is 0 Å². The van der Waals surface area contributed by atoms with Crippen LogP contribution in [0.25, 0.3) is 0 Å². The Morgan fingerprint density at radius 3 is 2.83 bits per heavy atom. The molecule has 3 N–H and O–H groups in total. The fourth-order valence-electron chi connectivity index (χ4n) is 1.53. The van der Waals surface area contributed by atoms with Gasteiger partial charge in [-0.05, 0) is 18.6 Å². The van der Waals surface area contributed by atoms with Crippen molar-refractivity contribution >= 4 is 28.6 Å². The Morgan fingerprint density at radius 2 is 2.28 bits per heavy atom. The van der Waals surface area contributed by atoms with E-state index >= 15 is 0 Å². The van der Waals surface area contributed by atoms with Gasteiger partial charge in [-0.3, -0.25) is 4.79 Å². The number of aromatic amines is 1. The maximum absolute atomic E-state index is 10.9. The van der Waals surface area contributed by atoms with Crippen molar-refractivity contribution in [2.75, 3.05) is 0 Å². The number of carbonyl (C=O) groups is 1. The molecule has 2 heterocycles. The summed E-state index contributed by atoms with van der Waals surface area (Å²) in [6, 6.07) is 1.69. The minimum Gasteiger partial charge on any atom is -0.477 e. The number of carboxylic acid groups (broad SMARTS) is 1. The van der Waals surface area contributed by atoms with Gasteiger partial charge in [0.1, 0.15) is 4.88 Å². The van der Waals surface area contributed by atoms with Crippen LogP contribution in [0.2, 0.25) is 0 Å². The molecule has 5 nitrogen and oxygen atoms in total. The quantitative estimate of drug-likeness (QED) is 0.782. The number of nitrogens with one attached hydrogen (secondary N) is 2. The molecule has 0 aliphatic rings. The third-order valence-electron chi connectivity index (χ3n) is 2.43. The second kappa shape index (κ2) is 5.47. The van der Waals surface area contributed by atoms with E-state index in [9.17, 15) is 9.59 Å². The summed E-state index contributed by atoms with van der Waals surface area (Å²) in [7, 11) is 0. The van der Waals surface area contributed by atoms with Crippen LogP contribution in [0.1, 0.15) is 25.8 Å². The van der Waals surface area contributed by atoms with E-state index in [4.69, 9.17) is 5.11 Å². The Kier molecular flexibility index (Phi) is 3.95. The first-order chi connectivity index (χ1) is 8.56. The van der Waals surface area contributed by atoms with Crippen molar-refractivity contribution in [3.8, 4) is 0 Å². The zero-order valence-electron chi connectivity index (χ0n) is 9.65. The molecule has 7 heteroatoms. The van der Waals surface area contributed by atoms with Gasteiger partial charge in [0.15, 0.2) is 0 Å². The van der Waals surface area contributed by atoms with Crippen molar-refractivity contribution in [3.63, 3.8) is 0 Å². The van der Waals surface area contributed by atoms with Crippen LogP contribution < -0.4 is 10.2 Å². The number of aryl methyl sites for hydroxylation is 1. The fraction of sp³-hybridized carbons (Fsp3) is 0.273. The number of rotatable bonds is 5. The average molecular weight is 284 g/mol. The Hall–Kier alpha value is -1.44. The Balaban J connectivity index is 1.94. The summed E-state index contributed by atoms with van der Waals surface area (Å²) in [5.74, 6) is -0.892. The van der Waals surface area contributed by atoms with E-state index in [0.717, 1.165) is 27.5 Å². The van der Waals surface area contributed by atoms with Crippen molar-refractivity contribution < 1.29 is 9.90 Å². The van der Waals surface area contributed by atoms with Crippen LogP contribution in [0.3, 0.4) is 0 Å². The van der Waals surface area contributed by atoms with Gasteiger partial charge in [0, 0.05) is 29.0 Å². The van der Waals surface area contributed by atoms with Crippen LogP contribution in [0.15, 0.2) is 16.2 Å². The molecule has 2 rings (SSSR count). The molecule has 0 spiro atoms. The summed E-state index contributed by atoms with van der Waals surface area (Å²) in [6.07, 6.45) is 0. The lowest BCUT2D eigenvalue weighted by atomic mass is 10.2. The molecule has 0 fully saturated rings. The molecule has 0 aromatic carbocycles. The largest absolute Gasteiger partial charge is 0.477 e. The molecule has 2 aromatic heterocycles. The molecule has 0 bridgehead atoms. The van der Waals surface area contributed by atoms with Gasteiger partial charge < -0.3 is 15.4 Å². The summed E-state index contributed by atoms with van der Waals surface area (Å²) in [5.41, 5.74) is 1.83. The predicted molar refractivity (Wildman–Crippen MR) is 71.5 cm³/mol. The first-order valence-corrected chi connectivity index (χ1v) is 6.96. The molecule has 0 aliphatic carbocycles. The van der Waals surface area contributed by atoms with E-state index in [2.05, 4.69) is 10.3 Å². The molecule has 0 saturated carbocycles. The predicted octanol–water partition coefficient (Wildman–Crippen LogP) is 1.79. The van der Waals surface area contributed by atoms with Crippen LogP contribution >= 0.6 is 22.7 Å². The molecule has 18 heavy (non-hydrogen) atoms. The zero-order chi connectivity index (χ0) is 13.1. The van der Waals surface area contributed by atoms with Crippen molar-refractivity contribution in [1.82, 2.24) is 10.3 Å². The monoisotopic (exact) mass is 284 g/mol. The van der Waals surface area contributed by atoms with Crippen LogP contribution in [-0.2, 0) is 13.1 Å².